The molecule has 9 heteroatoms. The summed E-state index contributed by atoms with van der Waals surface area (Å²) in [6.45, 7) is 14.9. The largest absolute Gasteiger partial charge is 0.465 e. The van der Waals surface area contributed by atoms with Gasteiger partial charge in [0.2, 0.25) is 0 Å². The molecule has 2 heterocycles. The minimum absolute atomic E-state index is 0.00511. The van der Waals surface area contributed by atoms with Crippen molar-refractivity contribution in [3.8, 4) is 0 Å². The number of carbonyl (C=O) groups excluding carboxylic acids is 3. The fourth-order valence-electron chi connectivity index (χ4n) is 6.51. The second-order valence-electron chi connectivity index (χ2n) is 11.7. The molecule has 2 aliphatic heterocycles. The molecular weight excluding hydrogens is 504 g/mol. The molecule has 2 fully saturated rings. The lowest BCUT2D eigenvalue weighted by Crippen LogP contribution is -2.57. The van der Waals surface area contributed by atoms with Crippen molar-refractivity contribution in [2.45, 2.75) is 116 Å². The van der Waals surface area contributed by atoms with E-state index in [1.54, 1.807) is 13.8 Å². The molecule has 0 saturated carbocycles. The van der Waals surface area contributed by atoms with Crippen molar-refractivity contribution in [2.24, 2.45) is 23.7 Å². The Hall–Kier alpha value is -2.23. The van der Waals surface area contributed by atoms with E-state index in [9.17, 15) is 24.6 Å². The summed E-state index contributed by atoms with van der Waals surface area (Å²) in [5.74, 6) is -1.78. The average molecular weight is 551 g/mol. The van der Waals surface area contributed by atoms with Crippen LogP contribution in [-0.4, -0.2) is 70.8 Å². The summed E-state index contributed by atoms with van der Waals surface area (Å²) in [6.07, 6.45) is 0.221. The number of hydrogen-bond donors (Lipinski definition) is 2. The molecule has 0 aromatic heterocycles. The van der Waals surface area contributed by atoms with E-state index in [2.05, 4.69) is 19.6 Å². The molecule has 39 heavy (non-hydrogen) atoms. The van der Waals surface area contributed by atoms with Gasteiger partial charge in [-0.1, -0.05) is 39.0 Å². The summed E-state index contributed by atoms with van der Waals surface area (Å²) in [7, 11) is 0. The fraction of sp³-hybridized carbons (Fsp3) is 0.767. The van der Waals surface area contributed by atoms with Crippen molar-refractivity contribution in [2.75, 3.05) is 6.61 Å². The highest BCUT2D eigenvalue weighted by Gasteiger charge is 2.60. The fourth-order valence-corrected chi connectivity index (χ4v) is 6.51. The van der Waals surface area contributed by atoms with Gasteiger partial charge in [0.15, 0.2) is 6.10 Å². The number of esters is 3. The van der Waals surface area contributed by atoms with Gasteiger partial charge in [0.1, 0.15) is 11.7 Å². The molecule has 0 radical (unpaired) electrons. The molecule has 1 unspecified atom stereocenters. The van der Waals surface area contributed by atoms with Crippen LogP contribution in [0.4, 0.5) is 0 Å². The third kappa shape index (κ3) is 6.92. The van der Waals surface area contributed by atoms with Crippen LogP contribution in [0.1, 0.15) is 80.1 Å². The number of aliphatic hydroxyl groups excluding tert-OH is 1. The zero-order valence-electron chi connectivity index (χ0n) is 24.2. The summed E-state index contributed by atoms with van der Waals surface area (Å²) >= 11 is 0. The van der Waals surface area contributed by atoms with Crippen molar-refractivity contribution in [3.63, 3.8) is 0 Å². The van der Waals surface area contributed by atoms with E-state index in [1.165, 1.54) is 6.92 Å². The van der Waals surface area contributed by atoms with Crippen LogP contribution in [-0.2, 0) is 33.3 Å². The van der Waals surface area contributed by atoms with Crippen molar-refractivity contribution < 1.29 is 43.5 Å². The minimum Gasteiger partial charge on any atom is -0.465 e. The van der Waals surface area contributed by atoms with Gasteiger partial charge in [-0.25, -0.2) is 4.79 Å². The normalized spacial score (nSPS) is 35.8. The Balaban J connectivity index is 1.95. The molecule has 0 amide bonds. The van der Waals surface area contributed by atoms with Gasteiger partial charge in [0, 0.05) is 31.6 Å². The van der Waals surface area contributed by atoms with E-state index >= 15 is 0 Å². The highest BCUT2D eigenvalue weighted by atomic mass is 16.6. The third-order valence-corrected chi connectivity index (χ3v) is 8.71. The van der Waals surface area contributed by atoms with Gasteiger partial charge < -0.3 is 29.2 Å². The molecule has 2 saturated heterocycles. The predicted molar refractivity (Wildman–Crippen MR) is 143 cm³/mol. The third-order valence-electron chi connectivity index (χ3n) is 8.71. The maximum atomic E-state index is 13.0. The summed E-state index contributed by atoms with van der Waals surface area (Å²) in [5, 5.41) is 23.1. The number of aliphatic hydroxyl groups is 2. The molecule has 0 aromatic carbocycles. The van der Waals surface area contributed by atoms with E-state index in [4.69, 9.17) is 18.9 Å². The van der Waals surface area contributed by atoms with E-state index in [1.807, 2.05) is 13.8 Å². The molecule has 1 aliphatic carbocycles. The van der Waals surface area contributed by atoms with Crippen LogP contribution < -0.4 is 0 Å². The standard InChI is InChI=1S/C30H46O9/c1-8-10-25(33)36-15-18(5)20-12-11-16(3)26-23-13-17(4)21(32)14-24(30(7,35)28(38-23)27(20)26)39-29(34)22(9-2)37-19(6)31/h11,18,20-24,26-28,32,35H,4,8-10,12-15H2,1-3,5-7H3/t18-,20+,21-,22?,23+,24-,26+,27+,28+,30+/m0/s1. The first kappa shape index (κ1) is 31.3. The Bertz CT molecular complexity index is 954. The van der Waals surface area contributed by atoms with Crippen LogP contribution in [0.15, 0.2) is 23.8 Å². The first-order valence-corrected chi connectivity index (χ1v) is 14.2. The number of allylic oxidation sites excluding steroid dienone is 1. The summed E-state index contributed by atoms with van der Waals surface area (Å²) in [4.78, 5) is 36.6. The molecule has 0 aromatic rings. The Labute approximate surface area is 231 Å². The number of ether oxygens (including phenoxy) is 4. The van der Waals surface area contributed by atoms with Gasteiger partial charge in [0.25, 0.3) is 0 Å². The van der Waals surface area contributed by atoms with Gasteiger partial charge in [-0.15, -0.1) is 0 Å². The predicted octanol–water partition coefficient (Wildman–Crippen LogP) is 3.65. The highest BCUT2D eigenvalue weighted by molar-refractivity contribution is 5.78. The zero-order chi connectivity index (χ0) is 29.1. The molecule has 0 spiro atoms. The van der Waals surface area contributed by atoms with Crippen LogP contribution in [0, 0.1) is 23.7 Å². The lowest BCUT2D eigenvalue weighted by molar-refractivity contribution is -0.202. The van der Waals surface area contributed by atoms with E-state index in [0.717, 1.165) is 18.4 Å². The molecule has 2 bridgehead atoms. The van der Waals surface area contributed by atoms with Crippen molar-refractivity contribution >= 4 is 17.9 Å². The zero-order valence-corrected chi connectivity index (χ0v) is 24.2. The first-order chi connectivity index (χ1) is 18.3. The maximum Gasteiger partial charge on any atom is 0.347 e. The van der Waals surface area contributed by atoms with Gasteiger partial charge in [-0.3, -0.25) is 9.59 Å². The summed E-state index contributed by atoms with van der Waals surface area (Å²) in [5.41, 5.74) is 0.00995. The molecule has 10 atom stereocenters. The molecule has 220 valence electrons. The highest BCUT2D eigenvalue weighted by Crippen LogP contribution is 2.54. The van der Waals surface area contributed by atoms with Crippen LogP contribution in [0.5, 0.6) is 0 Å². The SMILES string of the molecule is C=C1C[C@H]2O[C@H]([C@@H]3[C@@H]([C@@H](C)COC(=O)CCC)CC=C(C)[C@@H]32)[C@](C)(O)[C@@H](OC(=O)C(CC)OC(C)=O)C[C@@H]1O. The van der Waals surface area contributed by atoms with Crippen LogP contribution in [0.25, 0.3) is 0 Å². The number of fused-ring (bicyclic) bond motifs is 5. The van der Waals surface area contributed by atoms with Crippen molar-refractivity contribution in [1.29, 1.82) is 0 Å². The molecule has 3 rings (SSSR count). The van der Waals surface area contributed by atoms with Crippen molar-refractivity contribution in [1.82, 2.24) is 0 Å². The van der Waals surface area contributed by atoms with E-state index < -0.39 is 42.0 Å². The average Bonchev–Trinajstić information content (AvgIpc) is 3.26. The Morgan fingerprint density at radius 1 is 1.28 bits per heavy atom. The van der Waals surface area contributed by atoms with Crippen LogP contribution in [0.3, 0.4) is 0 Å². The number of rotatable bonds is 9. The smallest absolute Gasteiger partial charge is 0.347 e. The van der Waals surface area contributed by atoms with Crippen molar-refractivity contribution in [3.05, 3.63) is 23.8 Å². The van der Waals surface area contributed by atoms with Gasteiger partial charge in [0.05, 0.1) is 24.9 Å². The molecule has 9 nitrogen and oxygen atoms in total. The Morgan fingerprint density at radius 3 is 2.59 bits per heavy atom. The maximum absolute atomic E-state index is 13.0. The lowest BCUT2D eigenvalue weighted by Gasteiger charge is -2.45. The van der Waals surface area contributed by atoms with Crippen LogP contribution >= 0.6 is 0 Å². The lowest BCUT2D eigenvalue weighted by atomic mass is 9.62. The molecule has 3 aliphatic rings. The van der Waals surface area contributed by atoms with E-state index in [-0.39, 0.29) is 55.2 Å². The summed E-state index contributed by atoms with van der Waals surface area (Å²) in [6, 6.07) is 0. The summed E-state index contributed by atoms with van der Waals surface area (Å²) < 4.78 is 23.1. The number of hydrogen-bond acceptors (Lipinski definition) is 9. The van der Waals surface area contributed by atoms with E-state index in [0.29, 0.717) is 18.4 Å². The molecule has 2 N–H and O–H groups in total. The topological polar surface area (TPSA) is 129 Å². The number of carbonyl (C=O) groups is 3. The van der Waals surface area contributed by atoms with Crippen LogP contribution in [0.2, 0.25) is 0 Å². The monoisotopic (exact) mass is 550 g/mol. The van der Waals surface area contributed by atoms with Gasteiger partial charge in [-0.05, 0) is 56.9 Å². The minimum atomic E-state index is -1.68. The Morgan fingerprint density at radius 2 is 1.97 bits per heavy atom. The van der Waals surface area contributed by atoms with Gasteiger partial charge >= 0.3 is 17.9 Å². The Kier molecular flexibility index (Phi) is 10.4. The molecular formula is C30H46O9. The first-order valence-electron chi connectivity index (χ1n) is 14.2. The quantitative estimate of drug-likeness (QED) is 0.251. The second kappa shape index (κ2) is 13.0. The second-order valence-corrected chi connectivity index (χ2v) is 11.7. The van der Waals surface area contributed by atoms with Gasteiger partial charge in [-0.2, -0.15) is 0 Å².